The summed E-state index contributed by atoms with van der Waals surface area (Å²) < 4.78 is 32.5. The molecule has 0 aliphatic heterocycles. The largest absolute Gasteiger partial charge is 0.452 e. The second-order valence-electron chi connectivity index (χ2n) is 8.06. The fourth-order valence-corrected chi connectivity index (χ4v) is 4.89. The van der Waals surface area contributed by atoms with E-state index in [0.717, 1.165) is 38.5 Å². The molecular formula is C21H30N2O5S. The van der Waals surface area contributed by atoms with Crippen LogP contribution in [-0.2, 0) is 19.6 Å². The lowest BCUT2D eigenvalue weighted by atomic mass is 9.97. The lowest BCUT2D eigenvalue weighted by Gasteiger charge is -2.21. The first kappa shape index (κ1) is 21.8. The Morgan fingerprint density at radius 3 is 2.31 bits per heavy atom. The monoisotopic (exact) mass is 422 g/mol. The number of carbonyl (C=O) groups excluding carboxylic acids is 2. The number of amides is 1. The van der Waals surface area contributed by atoms with Crippen LogP contribution in [0.5, 0.6) is 0 Å². The summed E-state index contributed by atoms with van der Waals surface area (Å²) in [7, 11) is -3.66. The van der Waals surface area contributed by atoms with Crippen LogP contribution >= 0.6 is 0 Å². The van der Waals surface area contributed by atoms with Gasteiger partial charge >= 0.3 is 5.97 Å². The van der Waals surface area contributed by atoms with Gasteiger partial charge in [-0.15, -0.1) is 0 Å². The molecule has 1 aromatic carbocycles. The van der Waals surface area contributed by atoms with Crippen molar-refractivity contribution in [1.82, 2.24) is 10.0 Å². The van der Waals surface area contributed by atoms with Gasteiger partial charge in [0.15, 0.2) is 6.61 Å². The van der Waals surface area contributed by atoms with E-state index in [1.54, 1.807) is 13.0 Å². The standard InChI is InChI=1S/C21H30N2O5S/c1-15-9-12-18(29(26,27)23-17-10-11-17)13-19(15)21(25)28-14-20(24)22-16-7-5-3-2-4-6-8-16/h9,12-13,16-17,23H,2-8,10-11,14H2,1H3,(H,22,24). The highest BCUT2D eigenvalue weighted by Gasteiger charge is 2.28. The first-order valence-corrected chi connectivity index (χ1v) is 11.9. The Labute approximate surface area is 172 Å². The smallest absolute Gasteiger partial charge is 0.338 e. The lowest BCUT2D eigenvalue weighted by Crippen LogP contribution is -2.38. The second kappa shape index (κ2) is 9.71. The van der Waals surface area contributed by atoms with Crippen molar-refractivity contribution in [2.45, 2.75) is 81.7 Å². The second-order valence-corrected chi connectivity index (χ2v) is 9.77. The molecule has 1 amide bonds. The molecular weight excluding hydrogens is 392 g/mol. The summed E-state index contributed by atoms with van der Waals surface area (Å²) in [6.07, 6.45) is 9.39. The molecule has 1 aromatic rings. The number of ether oxygens (including phenoxy) is 1. The zero-order valence-corrected chi connectivity index (χ0v) is 17.7. The average Bonchev–Trinajstić information content (AvgIpc) is 3.45. The van der Waals surface area contributed by atoms with Crippen LogP contribution in [0.2, 0.25) is 0 Å². The molecule has 0 bridgehead atoms. The van der Waals surface area contributed by atoms with Crippen molar-refractivity contribution >= 4 is 21.9 Å². The van der Waals surface area contributed by atoms with E-state index in [2.05, 4.69) is 10.0 Å². The Morgan fingerprint density at radius 2 is 1.66 bits per heavy atom. The molecule has 0 saturated heterocycles. The molecule has 0 radical (unpaired) electrons. The predicted octanol–water partition coefficient (Wildman–Crippen LogP) is 2.82. The highest BCUT2D eigenvalue weighted by Crippen LogP contribution is 2.23. The van der Waals surface area contributed by atoms with Crippen molar-refractivity contribution in [2.24, 2.45) is 0 Å². The van der Waals surface area contributed by atoms with E-state index in [-0.39, 0.29) is 35.1 Å². The minimum absolute atomic E-state index is 0.0197. The van der Waals surface area contributed by atoms with Crippen LogP contribution in [0.25, 0.3) is 0 Å². The molecule has 2 N–H and O–H groups in total. The molecule has 0 aromatic heterocycles. The summed E-state index contributed by atoms with van der Waals surface area (Å²) in [6.45, 7) is 1.34. The molecule has 160 valence electrons. The van der Waals surface area contributed by atoms with Gasteiger partial charge in [0.2, 0.25) is 10.0 Å². The number of sulfonamides is 1. The van der Waals surface area contributed by atoms with Gasteiger partial charge in [0.1, 0.15) is 0 Å². The maximum absolute atomic E-state index is 12.5. The maximum atomic E-state index is 12.5. The van der Waals surface area contributed by atoms with Gasteiger partial charge in [-0.3, -0.25) is 4.79 Å². The number of esters is 1. The van der Waals surface area contributed by atoms with E-state index in [0.29, 0.717) is 5.56 Å². The normalized spacial score (nSPS) is 18.5. The molecule has 3 rings (SSSR count). The van der Waals surface area contributed by atoms with E-state index in [9.17, 15) is 18.0 Å². The fraction of sp³-hybridized carbons (Fsp3) is 0.619. The van der Waals surface area contributed by atoms with Gasteiger partial charge in [-0.2, -0.15) is 0 Å². The van der Waals surface area contributed by atoms with E-state index in [4.69, 9.17) is 4.74 Å². The lowest BCUT2D eigenvalue weighted by molar-refractivity contribution is -0.125. The minimum atomic E-state index is -3.66. The Kier molecular flexibility index (Phi) is 7.29. The van der Waals surface area contributed by atoms with E-state index in [1.807, 2.05) is 0 Å². The first-order chi connectivity index (χ1) is 13.8. The van der Waals surface area contributed by atoms with Gasteiger partial charge in [0, 0.05) is 12.1 Å². The van der Waals surface area contributed by atoms with Gasteiger partial charge in [-0.05, 0) is 50.3 Å². The maximum Gasteiger partial charge on any atom is 0.338 e. The van der Waals surface area contributed by atoms with Crippen molar-refractivity contribution in [3.8, 4) is 0 Å². The highest BCUT2D eigenvalue weighted by molar-refractivity contribution is 7.89. The van der Waals surface area contributed by atoms with Crippen LogP contribution in [0, 0.1) is 6.92 Å². The molecule has 2 aliphatic carbocycles. The molecule has 8 heteroatoms. The van der Waals surface area contributed by atoms with Crippen molar-refractivity contribution < 1.29 is 22.7 Å². The van der Waals surface area contributed by atoms with E-state index >= 15 is 0 Å². The molecule has 0 heterocycles. The molecule has 29 heavy (non-hydrogen) atoms. The Bertz CT molecular complexity index is 841. The molecule has 0 unspecified atom stereocenters. The summed E-state index contributed by atoms with van der Waals surface area (Å²) in [5, 5.41) is 2.95. The molecule has 2 aliphatic rings. The predicted molar refractivity (Wildman–Crippen MR) is 109 cm³/mol. The number of benzene rings is 1. The Hall–Kier alpha value is -1.93. The van der Waals surface area contributed by atoms with Crippen molar-refractivity contribution in [2.75, 3.05) is 6.61 Å². The average molecular weight is 423 g/mol. The van der Waals surface area contributed by atoms with Gasteiger partial charge in [-0.25, -0.2) is 17.9 Å². The van der Waals surface area contributed by atoms with Crippen molar-refractivity contribution in [3.63, 3.8) is 0 Å². The number of aryl methyl sites for hydroxylation is 1. The zero-order chi connectivity index (χ0) is 20.9. The van der Waals surface area contributed by atoms with Gasteiger partial charge in [0.05, 0.1) is 10.5 Å². The summed E-state index contributed by atoms with van der Waals surface area (Å²) in [5.41, 5.74) is 0.753. The van der Waals surface area contributed by atoms with E-state index in [1.165, 1.54) is 31.4 Å². The Morgan fingerprint density at radius 1 is 1.00 bits per heavy atom. The Balaban J connectivity index is 1.56. The van der Waals surface area contributed by atoms with Crippen LogP contribution < -0.4 is 10.0 Å². The summed E-state index contributed by atoms with van der Waals surface area (Å²) in [4.78, 5) is 24.7. The van der Waals surface area contributed by atoms with Crippen molar-refractivity contribution in [1.29, 1.82) is 0 Å². The van der Waals surface area contributed by atoms with E-state index < -0.39 is 16.0 Å². The molecule has 7 nitrogen and oxygen atoms in total. The third kappa shape index (κ3) is 6.54. The number of hydrogen-bond acceptors (Lipinski definition) is 5. The molecule has 0 spiro atoms. The van der Waals surface area contributed by atoms with Crippen LogP contribution in [-0.4, -0.2) is 39.0 Å². The highest BCUT2D eigenvalue weighted by atomic mass is 32.2. The molecule has 0 atom stereocenters. The van der Waals surface area contributed by atoms with Crippen LogP contribution in [0.15, 0.2) is 23.1 Å². The third-order valence-electron chi connectivity index (χ3n) is 5.44. The summed E-state index contributed by atoms with van der Waals surface area (Å²) >= 11 is 0. The third-order valence-corrected chi connectivity index (χ3v) is 6.96. The van der Waals surface area contributed by atoms with Gasteiger partial charge in [0.25, 0.3) is 5.91 Å². The van der Waals surface area contributed by atoms with Gasteiger partial charge in [-0.1, -0.05) is 38.2 Å². The zero-order valence-electron chi connectivity index (χ0n) is 16.9. The minimum Gasteiger partial charge on any atom is -0.452 e. The molecule has 2 saturated carbocycles. The van der Waals surface area contributed by atoms with Crippen LogP contribution in [0.4, 0.5) is 0 Å². The summed E-state index contributed by atoms with van der Waals surface area (Å²) in [6, 6.07) is 4.47. The topological polar surface area (TPSA) is 102 Å². The SMILES string of the molecule is Cc1ccc(S(=O)(=O)NC2CC2)cc1C(=O)OCC(=O)NC1CCCCCCC1. The van der Waals surface area contributed by atoms with Gasteiger partial charge < -0.3 is 10.1 Å². The van der Waals surface area contributed by atoms with Crippen LogP contribution in [0.3, 0.4) is 0 Å². The number of nitrogens with one attached hydrogen (secondary N) is 2. The quantitative estimate of drug-likeness (QED) is 0.658. The van der Waals surface area contributed by atoms with Crippen molar-refractivity contribution in [3.05, 3.63) is 29.3 Å². The molecule has 2 fully saturated rings. The van der Waals surface area contributed by atoms with Crippen LogP contribution in [0.1, 0.15) is 73.7 Å². The number of carbonyl (C=O) groups is 2. The number of rotatable bonds is 7. The first-order valence-electron chi connectivity index (χ1n) is 10.4. The summed E-state index contributed by atoms with van der Waals surface area (Å²) in [5.74, 6) is -1.01. The fourth-order valence-electron chi connectivity index (χ4n) is 3.56. The number of hydrogen-bond donors (Lipinski definition) is 2.